The van der Waals surface area contributed by atoms with Gasteiger partial charge in [0, 0.05) is 18.7 Å². The first-order valence-electron chi connectivity index (χ1n) is 6.49. The molecule has 2 aromatic heterocycles. The van der Waals surface area contributed by atoms with Crippen LogP contribution in [0.3, 0.4) is 0 Å². The normalized spacial score (nSPS) is 12.2. The van der Waals surface area contributed by atoms with E-state index >= 15 is 0 Å². The maximum atomic E-state index is 10.6. The maximum absolute atomic E-state index is 10.6. The number of aliphatic hydroxyl groups excluding tert-OH is 1. The van der Waals surface area contributed by atoms with Crippen LogP contribution in [0.2, 0.25) is 0 Å². The molecule has 8 heteroatoms. The predicted octanol–water partition coefficient (Wildman–Crippen LogP) is 2.75. The fourth-order valence-electron chi connectivity index (χ4n) is 2.04. The van der Waals surface area contributed by atoms with Crippen molar-refractivity contribution in [2.75, 3.05) is 11.9 Å². The molecule has 3 rings (SSSR count). The molecular weight excluding hydrogens is 304 g/mol. The molecule has 2 N–H and O–H groups in total. The maximum Gasteiger partial charge on any atom is 0.269 e. The van der Waals surface area contributed by atoms with Gasteiger partial charge in [-0.05, 0) is 29.1 Å². The number of thiophene rings is 1. The molecule has 0 aliphatic heterocycles. The summed E-state index contributed by atoms with van der Waals surface area (Å²) in [5, 5.41) is 25.8. The second-order valence-electron chi connectivity index (χ2n) is 4.60. The molecule has 0 aliphatic rings. The molecule has 0 aliphatic carbocycles. The molecule has 0 bridgehead atoms. The number of nitrogens with zero attached hydrogens (tertiary/aromatic N) is 3. The van der Waals surface area contributed by atoms with E-state index in [2.05, 4.69) is 15.3 Å². The second kappa shape index (κ2) is 6.04. The highest BCUT2D eigenvalue weighted by Gasteiger charge is 2.12. The van der Waals surface area contributed by atoms with Crippen molar-refractivity contribution < 1.29 is 10.0 Å². The first-order chi connectivity index (χ1) is 10.6. The SMILES string of the molecule is O=[N+]([O-])c1ccc(C(O)CNc2ncnc3ccsc23)cc1. The molecule has 0 radical (unpaired) electrons. The third-order valence-corrected chi connectivity index (χ3v) is 4.11. The van der Waals surface area contributed by atoms with E-state index in [9.17, 15) is 15.2 Å². The zero-order valence-electron chi connectivity index (χ0n) is 11.3. The van der Waals surface area contributed by atoms with Crippen molar-refractivity contribution in [2.45, 2.75) is 6.10 Å². The van der Waals surface area contributed by atoms with Gasteiger partial charge >= 0.3 is 0 Å². The Bertz CT molecular complexity index is 803. The molecule has 22 heavy (non-hydrogen) atoms. The van der Waals surface area contributed by atoms with E-state index in [0.29, 0.717) is 11.4 Å². The van der Waals surface area contributed by atoms with Crippen molar-refractivity contribution >= 4 is 33.1 Å². The summed E-state index contributed by atoms with van der Waals surface area (Å²) in [7, 11) is 0. The molecule has 112 valence electrons. The number of hydrogen-bond acceptors (Lipinski definition) is 7. The molecule has 0 amide bonds. The molecule has 7 nitrogen and oxygen atoms in total. The molecule has 1 aromatic carbocycles. The second-order valence-corrected chi connectivity index (χ2v) is 5.52. The zero-order valence-corrected chi connectivity index (χ0v) is 12.2. The van der Waals surface area contributed by atoms with Gasteiger partial charge in [-0.15, -0.1) is 11.3 Å². The van der Waals surface area contributed by atoms with Crippen LogP contribution in [-0.2, 0) is 0 Å². The van der Waals surface area contributed by atoms with Crippen molar-refractivity contribution in [2.24, 2.45) is 0 Å². The number of benzene rings is 1. The summed E-state index contributed by atoms with van der Waals surface area (Å²) in [6.07, 6.45) is 0.682. The Morgan fingerprint density at radius 1 is 1.27 bits per heavy atom. The van der Waals surface area contributed by atoms with Gasteiger partial charge in [-0.3, -0.25) is 10.1 Å². The monoisotopic (exact) mass is 316 g/mol. The van der Waals surface area contributed by atoms with Crippen LogP contribution in [0.4, 0.5) is 11.5 Å². The number of aliphatic hydroxyl groups is 1. The highest BCUT2D eigenvalue weighted by atomic mass is 32.1. The number of fused-ring (bicyclic) bond motifs is 1. The van der Waals surface area contributed by atoms with Gasteiger partial charge in [0.2, 0.25) is 0 Å². The van der Waals surface area contributed by atoms with Gasteiger partial charge in [0.05, 0.1) is 21.2 Å². The van der Waals surface area contributed by atoms with Crippen molar-refractivity contribution in [3.63, 3.8) is 0 Å². The highest BCUT2D eigenvalue weighted by molar-refractivity contribution is 7.17. The van der Waals surface area contributed by atoms with E-state index in [1.807, 2.05) is 11.4 Å². The molecule has 1 unspecified atom stereocenters. The largest absolute Gasteiger partial charge is 0.387 e. The molecule has 2 heterocycles. The number of non-ortho nitro benzene ring substituents is 1. The molecule has 0 spiro atoms. The van der Waals surface area contributed by atoms with Crippen LogP contribution >= 0.6 is 11.3 Å². The topological polar surface area (TPSA) is 101 Å². The minimum atomic E-state index is -0.786. The van der Waals surface area contributed by atoms with Crippen molar-refractivity contribution in [1.29, 1.82) is 0 Å². The van der Waals surface area contributed by atoms with Crippen molar-refractivity contribution in [3.8, 4) is 0 Å². The standard InChI is InChI=1S/C14H12N4O3S/c19-12(9-1-3-10(4-2-9)18(20)21)7-15-14-13-11(5-6-22-13)16-8-17-14/h1-6,8,12,19H,7H2,(H,15,16,17). The first-order valence-corrected chi connectivity index (χ1v) is 7.37. The van der Waals surface area contributed by atoms with Crippen LogP contribution in [0.15, 0.2) is 42.0 Å². The van der Waals surface area contributed by atoms with E-state index in [-0.39, 0.29) is 12.2 Å². The summed E-state index contributed by atoms with van der Waals surface area (Å²) in [4.78, 5) is 18.5. The van der Waals surface area contributed by atoms with Crippen LogP contribution in [0.25, 0.3) is 10.2 Å². The summed E-state index contributed by atoms with van der Waals surface area (Å²) < 4.78 is 0.929. The average Bonchev–Trinajstić information content (AvgIpc) is 3.01. The Morgan fingerprint density at radius 3 is 2.77 bits per heavy atom. The molecule has 0 saturated carbocycles. The number of nitrogens with one attached hydrogen (secondary N) is 1. The summed E-state index contributed by atoms with van der Waals surface area (Å²) in [5.41, 5.74) is 1.46. The first kappa shape index (κ1) is 14.4. The van der Waals surface area contributed by atoms with Gasteiger partial charge in [0.25, 0.3) is 5.69 Å². The van der Waals surface area contributed by atoms with E-state index in [0.717, 1.165) is 10.2 Å². The van der Waals surface area contributed by atoms with E-state index in [1.165, 1.54) is 29.8 Å². The highest BCUT2D eigenvalue weighted by Crippen LogP contribution is 2.25. The minimum absolute atomic E-state index is 0.00000337. The number of rotatable bonds is 5. The number of hydrogen-bond donors (Lipinski definition) is 2. The number of aromatic nitrogens is 2. The van der Waals surface area contributed by atoms with Gasteiger partial charge in [0.15, 0.2) is 0 Å². The van der Waals surface area contributed by atoms with Crippen LogP contribution in [0.1, 0.15) is 11.7 Å². The van der Waals surface area contributed by atoms with Crippen molar-refractivity contribution in [3.05, 3.63) is 57.7 Å². The fraction of sp³-hybridized carbons (Fsp3) is 0.143. The van der Waals surface area contributed by atoms with Crippen molar-refractivity contribution in [1.82, 2.24) is 9.97 Å². The predicted molar refractivity (Wildman–Crippen MR) is 84.0 cm³/mol. The summed E-state index contributed by atoms with van der Waals surface area (Å²) in [6.45, 7) is 0.252. The van der Waals surface area contributed by atoms with E-state index < -0.39 is 11.0 Å². The Morgan fingerprint density at radius 2 is 2.05 bits per heavy atom. The van der Waals surface area contributed by atoms with E-state index in [4.69, 9.17) is 0 Å². The number of nitro benzene ring substituents is 1. The molecule has 0 fully saturated rings. The van der Waals surface area contributed by atoms with Crippen LogP contribution in [-0.4, -0.2) is 26.5 Å². The Kier molecular flexibility index (Phi) is 3.94. The van der Waals surface area contributed by atoms with E-state index in [1.54, 1.807) is 12.1 Å². The number of anilines is 1. The summed E-state index contributed by atoms with van der Waals surface area (Å²) in [5.74, 6) is 0.668. The van der Waals surface area contributed by atoms with Gasteiger partial charge in [0.1, 0.15) is 12.1 Å². The van der Waals surface area contributed by atoms with Crippen LogP contribution in [0, 0.1) is 10.1 Å². The lowest BCUT2D eigenvalue weighted by molar-refractivity contribution is -0.384. The minimum Gasteiger partial charge on any atom is -0.387 e. The molecule has 0 saturated heterocycles. The Hall–Kier alpha value is -2.58. The lowest BCUT2D eigenvalue weighted by Gasteiger charge is -2.12. The third-order valence-electron chi connectivity index (χ3n) is 3.19. The van der Waals surface area contributed by atoms with Gasteiger partial charge < -0.3 is 10.4 Å². The zero-order chi connectivity index (χ0) is 15.5. The molecule has 1 atom stereocenters. The molecule has 3 aromatic rings. The lowest BCUT2D eigenvalue weighted by atomic mass is 10.1. The Labute approximate surface area is 129 Å². The number of nitro groups is 1. The van der Waals surface area contributed by atoms with Gasteiger partial charge in [-0.25, -0.2) is 9.97 Å². The van der Waals surface area contributed by atoms with Gasteiger partial charge in [-0.1, -0.05) is 0 Å². The van der Waals surface area contributed by atoms with Crippen LogP contribution in [0.5, 0.6) is 0 Å². The summed E-state index contributed by atoms with van der Waals surface area (Å²) >= 11 is 1.52. The molecular formula is C14H12N4O3S. The third kappa shape index (κ3) is 2.87. The Balaban J connectivity index is 1.70. The quantitative estimate of drug-likeness (QED) is 0.554. The summed E-state index contributed by atoms with van der Waals surface area (Å²) in [6, 6.07) is 7.75. The smallest absolute Gasteiger partial charge is 0.269 e. The fourth-order valence-corrected chi connectivity index (χ4v) is 2.86. The average molecular weight is 316 g/mol. The van der Waals surface area contributed by atoms with Gasteiger partial charge in [-0.2, -0.15) is 0 Å². The van der Waals surface area contributed by atoms with Crippen LogP contribution < -0.4 is 5.32 Å². The lowest BCUT2D eigenvalue weighted by Crippen LogP contribution is -2.13.